The Balaban J connectivity index is 1.97. The number of morpholine rings is 1. The van der Waals surface area contributed by atoms with Crippen molar-refractivity contribution < 1.29 is 14.6 Å². The average Bonchev–Trinajstić information content (AvgIpc) is 2.48. The van der Waals surface area contributed by atoms with Gasteiger partial charge >= 0.3 is 0 Å². The van der Waals surface area contributed by atoms with E-state index in [4.69, 9.17) is 9.84 Å². The molecule has 0 spiro atoms. The molecular formula is C15H22N2O3. The summed E-state index contributed by atoms with van der Waals surface area (Å²) in [6.07, 6.45) is 0. The summed E-state index contributed by atoms with van der Waals surface area (Å²) in [5.74, 6) is -0.143. The van der Waals surface area contributed by atoms with Gasteiger partial charge in [0.05, 0.1) is 19.8 Å². The molecule has 5 nitrogen and oxygen atoms in total. The van der Waals surface area contributed by atoms with Crippen LogP contribution in [0.3, 0.4) is 0 Å². The number of ether oxygens (including phenoxy) is 1. The first kappa shape index (κ1) is 15.0. The Morgan fingerprint density at radius 3 is 2.90 bits per heavy atom. The Bertz CT molecular complexity index is 444. The zero-order valence-corrected chi connectivity index (χ0v) is 11.8. The van der Waals surface area contributed by atoms with Crippen molar-refractivity contribution in [3.8, 4) is 0 Å². The molecule has 1 heterocycles. The van der Waals surface area contributed by atoms with E-state index in [1.807, 2.05) is 18.2 Å². The van der Waals surface area contributed by atoms with Crippen molar-refractivity contribution in [2.75, 3.05) is 32.9 Å². The van der Waals surface area contributed by atoms with Crippen LogP contribution in [0.15, 0.2) is 24.3 Å². The van der Waals surface area contributed by atoms with Gasteiger partial charge in [-0.25, -0.2) is 0 Å². The molecule has 1 aromatic carbocycles. The Labute approximate surface area is 119 Å². The summed E-state index contributed by atoms with van der Waals surface area (Å²) in [7, 11) is 0. The number of nitrogens with one attached hydrogen (secondary N) is 1. The third-order valence-corrected chi connectivity index (χ3v) is 3.35. The van der Waals surface area contributed by atoms with Crippen LogP contribution < -0.4 is 5.32 Å². The minimum absolute atomic E-state index is 0.0563. The number of carbonyl (C=O) groups is 1. The number of amides is 1. The topological polar surface area (TPSA) is 61.8 Å². The lowest BCUT2D eigenvalue weighted by molar-refractivity contribution is 0.0342. The van der Waals surface area contributed by atoms with Crippen LogP contribution in [0.2, 0.25) is 0 Å². The maximum absolute atomic E-state index is 12.0. The molecule has 1 atom stereocenters. The van der Waals surface area contributed by atoms with Gasteiger partial charge in [-0.05, 0) is 24.6 Å². The fraction of sp³-hybridized carbons (Fsp3) is 0.533. The van der Waals surface area contributed by atoms with Gasteiger partial charge in [0.1, 0.15) is 0 Å². The van der Waals surface area contributed by atoms with E-state index in [1.54, 1.807) is 13.0 Å². The van der Waals surface area contributed by atoms with E-state index >= 15 is 0 Å². The molecule has 1 aliphatic rings. The standard InChI is InChI=1S/C15H22N2O3/c1-12(11-18)16-15(19)14-4-2-3-13(9-14)10-17-5-7-20-8-6-17/h2-4,9,12,18H,5-8,10-11H2,1H3,(H,16,19). The number of aliphatic hydroxyl groups is 1. The van der Waals surface area contributed by atoms with Crippen LogP contribution in [0.25, 0.3) is 0 Å². The fourth-order valence-electron chi connectivity index (χ4n) is 2.18. The molecule has 1 aromatic rings. The van der Waals surface area contributed by atoms with E-state index in [9.17, 15) is 4.79 Å². The van der Waals surface area contributed by atoms with Crippen molar-refractivity contribution in [2.45, 2.75) is 19.5 Å². The molecule has 1 fully saturated rings. The van der Waals surface area contributed by atoms with Crippen molar-refractivity contribution in [1.82, 2.24) is 10.2 Å². The Hall–Kier alpha value is -1.43. The number of carbonyl (C=O) groups excluding carboxylic acids is 1. The van der Waals surface area contributed by atoms with Crippen molar-refractivity contribution in [3.05, 3.63) is 35.4 Å². The monoisotopic (exact) mass is 278 g/mol. The van der Waals surface area contributed by atoms with Crippen LogP contribution in [0, 0.1) is 0 Å². The highest BCUT2D eigenvalue weighted by Gasteiger charge is 2.13. The van der Waals surface area contributed by atoms with E-state index in [-0.39, 0.29) is 18.6 Å². The van der Waals surface area contributed by atoms with E-state index in [1.165, 1.54) is 0 Å². The van der Waals surface area contributed by atoms with Gasteiger partial charge in [0, 0.05) is 31.2 Å². The van der Waals surface area contributed by atoms with Gasteiger partial charge < -0.3 is 15.2 Å². The number of hydrogen-bond acceptors (Lipinski definition) is 4. The third-order valence-electron chi connectivity index (χ3n) is 3.35. The van der Waals surface area contributed by atoms with Crippen molar-refractivity contribution in [2.24, 2.45) is 0 Å². The van der Waals surface area contributed by atoms with Crippen LogP contribution >= 0.6 is 0 Å². The minimum Gasteiger partial charge on any atom is -0.394 e. The number of rotatable bonds is 5. The molecule has 0 saturated carbocycles. The molecule has 2 rings (SSSR count). The molecule has 0 aliphatic carbocycles. The first-order valence-corrected chi connectivity index (χ1v) is 7.00. The van der Waals surface area contributed by atoms with Gasteiger partial charge in [-0.1, -0.05) is 12.1 Å². The molecule has 0 aromatic heterocycles. The van der Waals surface area contributed by atoms with Gasteiger partial charge in [-0.3, -0.25) is 9.69 Å². The van der Waals surface area contributed by atoms with Crippen molar-refractivity contribution >= 4 is 5.91 Å². The largest absolute Gasteiger partial charge is 0.394 e. The lowest BCUT2D eigenvalue weighted by Crippen LogP contribution is -2.36. The molecular weight excluding hydrogens is 256 g/mol. The van der Waals surface area contributed by atoms with E-state index in [0.717, 1.165) is 38.4 Å². The number of nitrogens with zero attached hydrogens (tertiary/aromatic N) is 1. The second-order valence-corrected chi connectivity index (χ2v) is 5.15. The summed E-state index contributed by atoms with van der Waals surface area (Å²) >= 11 is 0. The first-order chi connectivity index (χ1) is 9.69. The SMILES string of the molecule is CC(CO)NC(=O)c1cccc(CN2CCOCC2)c1. The molecule has 20 heavy (non-hydrogen) atoms. The molecule has 1 aliphatic heterocycles. The number of aliphatic hydroxyl groups excluding tert-OH is 1. The minimum atomic E-state index is -0.231. The Morgan fingerprint density at radius 2 is 2.20 bits per heavy atom. The molecule has 0 radical (unpaired) electrons. The summed E-state index contributed by atoms with van der Waals surface area (Å²) in [6, 6.07) is 7.40. The molecule has 1 saturated heterocycles. The van der Waals surface area contributed by atoms with Gasteiger partial charge in [-0.15, -0.1) is 0 Å². The average molecular weight is 278 g/mol. The number of benzene rings is 1. The second-order valence-electron chi connectivity index (χ2n) is 5.15. The lowest BCUT2D eigenvalue weighted by Gasteiger charge is -2.26. The van der Waals surface area contributed by atoms with E-state index in [2.05, 4.69) is 10.2 Å². The van der Waals surface area contributed by atoms with Crippen LogP contribution in [0.1, 0.15) is 22.8 Å². The molecule has 0 bridgehead atoms. The van der Waals surface area contributed by atoms with Crippen LogP contribution in [-0.4, -0.2) is 54.9 Å². The molecule has 1 amide bonds. The maximum Gasteiger partial charge on any atom is 0.251 e. The summed E-state index contributed by atoms with van der Waals surface area (Å²) < 4.78 is 5.33. The predicted octanol–water partition coefficient (Wildman–Crippen LogP) is 0.629. The zero-order chi connectivity index (χ0) is 14.4. The summed E-state index contributed by atoms with van der Waals surface area (Å²) in [6.45, 7) is 5.95. The summed E-state index contributed by atoms with van der Waals surface area (Å²) in [5, 5.41) is 11.7. The normalized spacial score (nSPS) is 17.7. The van der Waals surface area contributed by atoms with Gasteiger partial charge in [-0.2, -0.15) is 0 Å². The van der Waals surface area contributed by atoms with Crippen LogP contribution in [-0.2, 0) is 11.3 Å². The predicted molar refractivity (Wildman–Crippen MR) is 76.6 cm³/mol. The van der Waals surface area contributed by atoms with E-state index < -0.39 is 0 Å². The summed E-state index contributed by atoms with van der Waals surface area (Å²) in [4.78, 5) is 14.3. The first-order valence-electron chi connectivity index (χ1n) is 7.00. The molecule has 2 N–H and O–H groups in total. The highest BCUT2D eigenvalue weighted by molar-refractivity contribution is 5.94. The van der Waals surface area contributed by atoms with Crippen molar-refractivity contribution in [3.63, 3.8) is 0 Å². The maximum atomic E-state index is 12.0. The number of hydrogen-bond donors (Lipinski definition) is 2. The Morgan fingerprint density at radius 1 is 1.45 bits per heavy atom. The quantitative estimate of drug-likeness (QED) is 0.829. The van der Waals surface area contributed by atoms with Gasteiger partial charge in [0.25, 0.3) is 5.91 Å². The van der Waals surface area contributed by atoms with Crippen LogP contribution in [0.5, 0.6) is 0 Å². The third kappa shape index (κ3) is 4.30. The highest BCUT2D eigenvalue weighted by Crippen LogP contribution is 2.10. The zero-order valence-electron chi connectivity index (χ0n) is 11.8. The second kappa shape index (κ2) is 7.38. The smallest absolute Gasteiger partial charge is 0.251 e. The van der Waals surface area contributed by atoms with Gasteiger partial charge in [0.2, 0.25) is 0 Å². The molecule has 5 heteroatoms. The molecule has 110 valence electrons. The highest BCUT2D eigenvalue weighted by atomic mass is 16.5. The van der Waals surface area contributed by atoms with Crippen LogP contribution in [0.4, 0.5) is 0 Å². The van der Waals surface area contributed by atoms with Crippen molar-refractivity contribution in [1.29, 1.82) is 0 Å². The van der Waals surface area contributed by atoms with Gasteiger partial charge in [0.15, 0.2) is 0 Å². The van der Waals surface area contributed by atoms with E-state index in [0.29, 0.717) is 5.56 Å². The fourth-order valence-corrected chi connectivity index (χ4v) is 2.18. The Kier molecular flexibility index (Phi) is 5.52. The lowest BCUT2D eigenvalue weighted by atomic mass is 10.1. The molecule has 1 unspecified atom stereocenters. The summed E-state index contributed by atoms with van der Waals surface area (Å²) in [5.41, 5.74) is 1.76.